The molecule has 4 rings (SSSR count). The number of hydrogen-bond donors (Lipinski definition) is 0. The highest BCUT2D eigenvalue weighted by Gasteiger charge is 2.17. The van der Waals surface area contributed by atoms with E-state index in [0.29, 0.717) is 11.9 Å². The maximum Gasteiger partial charge on any atom is 0.108 e. The molecule has 150 valence electrons. The van der Waals surface area contributed by atoms with Crippen molar-refractivity contribution in [2.45, 2.75) is 22.7 Å². The Morgan fingerprint density at radius 2 is 0.967 bits per heavy atom. The van der Waals surface area contributed by atoms with Gasteiger partial charge in [0, 0.05) is 16.8 Å². The standard InChI is InChI=1S/C28H26OS/c1-5-13-23(14-6-1)27(30-26-19-11-4-12-20-26)21-22-29-28(24-15-7-2-8-16-24)25-17-9-3-10-18-25/h1-20,27-28H,21-22H2. The smallest absolute Gasteiger partial charge is 0.108 e. The lowest BCUT2D eigenvalue weighted by molar-refractivity contribution is 0.0780. The van der Waals surface area contributed by atoms with Crippen molar-refractivity contribution < 1.29 is 4.74 Å². The Balaban J connectivity index is 1.49. The van der Waals surface area contributed by atoms with Crippen molar-refractivity contribution in [2.24, 2.45) is 0 Å². The van der Waals surface area contributed by atoms with Gasteiger partial charge >= 0.3 is 0 Å². The van der Waals surface area contributed by atoms with Gasteiger partial charge in [0.1, 0.15) is 6.10 Å². The molecule has 0 aliphatic heterocycles. The summed E-state index contributed by atoms with van der Waals surface area (Å²) in [6.07, 6.45) is 0.894. The molecule has 30 heavy (non-hydrogen) atoms. The van der Waals surface area contributed by atoms with Gasteiger partial charge in [-0.1, -0.05) is 109 Å². The second kappa shape index (κ2) is 10.8. The van der Waals surface area contributed by atoms with Crippen LogP contribution < -0.4 is 0 Å². The summed E-state index contributed by atoms with van der Waals surface area (Å²) in [7, 11) is 0. The summed E-state index contributed by atoms with van der Waals surface area (Å²) in [5, 5.41) is 0.348. The lowest BCUT2D eigenvalue weighted by Gasteiger charge is -2.22. The van der Waals surface area contributed by atoms with Gasteiger partial charge in [0.2, 0.25) is 0 Å². The summed E-state index contributed by atoms with van der Waals surface area (Å²) in [4.78, 5) is 1.29. The highest BCUT2D eigenvalue weighted by molar-refractivity contribution is 7.99. The summed E-state index contributed by atoms with van der Waals surface area (Å²) in [6.45, 7) is 0.688. The Bertz CT molecular complexity index is 948. The largest absolute Gasteiger partial charge is 0.369 e. The molecule has 0 amide bonds. The number of ether oxygens (including phenoxy) is 1. The molecule has 0 heterocycles. The molecular weight excluding hydrogens is 384 g/mol. The minimum atomic E-state index is -0.0504. The van der Waals surface area contributed by atoms with Crippen LogP contribution in [0.15, 0.2) is 126 Å². The van der Waals surface area contributed by atoms with Crippen molar-refractivity contribution in [3.63, 3.8) is 0 Å². The maximum atomic E-state index is 6.49. The normalized spacial score (nSPS) is 12.0. The zero-order chi connectivity index (χ0) is 20.4. The third kappa shape index (κ3) is 5.63. The SMILES string of the molecule is c1ccc(SC(CCOC(c2ccccc2)c2ccccc2)c2ccccc2)cc1. The Labute approximate surface area is 183 Å². The van der Waals surface area contributed by atoms with E-state index in [-0.39, 0.29) is 6.10 Å². The fraction of sp³-hybridized carbons (Fsp3) is 0.143. The van der Waals surface area contributed by atoms with Gasteiger partial charge in [-0.25, -0.2) is 0 Å². The van der Waals surface area contributed by atoms with Gasteiger partial charge in [0.25, 0.3) is 0 Å². The fourth-order valence-electron chi connectivity index (χ4n) is 3.56. The predicted molar refractivity (Wildman–Crippen MR) is 127 cm³/mol. The molecule has 0 saturated carbocycles. The molecule has 0 aliphatic rings. The third-order valence-corrected chi connectivity index (χ3v) is 6.40. The zero-order valence-corrected chi connectivity index (χ0v) is 17.7. The average Bonchev–Trinajstić information content (AvgIpc) is 2.83. The van der Waals surface area contributed by atoms with Crippen LogP contribution in [0.3, 0.4) is 0 Å². The molecule has 0 aromatic heterocycles. The first-order valence-corrected chi connectivity index (χ1v) is 11.3. The minimum Gasteiger partial charge on any atom is -0.369 e. The van der Waals surface area contributed by atoms with E-state index < -0.39 is 0 Å². The molecule has 0 fully saturated rings. The molecule has 4 aromatic rings. The lowest BCUT2D eigenvalue weighted by Crippen LogP contribution is -2.09. The van der Waals surface area contributed by atoms with Gasteiger partial charge in [-0.2, -0.15) is 0 Å². The zero-order valence-electron chi connectivity index (χ0n) is 16.9. The molecule has 1 unspecified atom stereocenters. The molecule has 0 bridgehead atoms. The highest BCUT2D eigenvalue weighted by Crippen LogP contribution is 2.38. The quantitative estimate of drug-likeness (QED) is 0.261. The topological polar surface area (TPSA) is 9.23 Å². The molecule has 0 spiro atoms. The van der Waals surface area contributed by atoms with E-state index in [2.05, 4.69) is 109 Å². The monoisotopic (exact) mass is 410 g/mol. The predicted octanol–water partition coefficient (Wildman–Crippen LogP) is 7.72. The summed E-state index contributed by atoms with van der Waals surface area (Å²) in [5.41, 5.74) is 3.72. The van der Waals surface area contributed by atoms with Crippen molar-refractivity contribution >= 4 is 11.8 Å². The van der Waals surface area contributed by atoms with Crippen molar-refractivity contribution in [1.82, 2.24) is 0 Å². The van der Waals surface area contributed by atoms with Crippen LogP contribution in [0.25, 0.3) is 0 Å². The molecule has 0 aliphatic carbocycles. The molecule has 2 heteroatoms. The first kappa shape index (κ1) is 20.5. The van der Waals surface area contributed by atoms with Gasteiger partial charge in [-0.3, -0.25) is 0 Å². The van der Waals surface area contributed by atoms with E-state index in [1.54, 1.807) is 0 Å². The van der Waals surface area contributed by atoms with Crippen molar-refractivity contribution in [3.8, 4) is 0 Å². The van der Waals surface area contributed by atoms with Crippen LogP contribution in [-0.2, 0) is 4.74 Å². The van der Waals surface area contributed by atoms with E-state index >= 15 is 0 Å². The van der Waals surface area contributed by atoms with Crippen molar-refractivity contribution in [1.29, 1.82) is 0 Å². The van der Waals surface area contributed by atoms with Gasteiger partial charge in [0.05, 0.1) is 0 Å². The summed E-state index contributed by atoms with van der Waals surface area (Å²) in [5.74, 6) is 0. The number of rotatable bonds is 9. The van der Waals surface area contributed by atoms with Gasteiger partial charge in [-0.15, -0.1) is 11.8 Å². The molecule has 1 nitrogen and oxygen atoms in total. The number of benzene rings is 4. The number of thioether (sulfide) groups is 1. The van der Waals surface area contributed by atoms with E-state index in [4.69, 9.17) is 4.74 Å². The first-order valence-electron chi connectivity index (χ1n) is 10.4. The second-order valence-electron chi connectivity index (χ2n) is 7.19. The van der Waals surface area contributed by atoms with Gasteiger partial charge in [-0.05, 0) is 35.2 Å². The second-order valence-corrected chi connectivity index (χ2v) is 8.47. The molecule has 4 aromatic carbocycles. The van der Waals surface area contributed by atoms with E-state index in [9.17, 15) is 0 Å². The lowest BCUT2D eigenvalue weighted by atomic mass is 10.0. The minimum absolute atomic E-state index is 0.0504. The highest BCUT2D eigenvalue weighted by atomic mass is 32.2. The van der Waals surface area contributed by atoms with Crippen LogP contribution in [0.5, 0.6) is 0 Å². The molecule has 0 saturated heterocycles. The average molecular weight is 411 g/mol. The summed E-state index contributed by atoms with van der Waals surface area (Å²) >= 11 is 1.91. The van der Waals surface area contributed by atoms with Crippen LogP contribution in [0.2, 0.25) is 0 Å². The first-order chi connectivity index (χ1) is 14.9. The van der Waals surface area contributed by atoms with Crippen LogP contribution >= 0.6 is 11.8 Å². The summed E-state index contributed by atoms with van der Waals surface area (Å²) in [6, 6.07) is 42.3. The van der Waals surface area contributed by atoms with E-state index in [0.717, 1.165) is 6.42 Å². The van der Waals surface area contributed by atoms with Crippen LogP contribution in [0, 0.1) is 0 Å². The van der Waals surface area contributed by atoms with Crippen molar-refractivity contribution in [2.75, 3.05) is 6.61 Å². The molecular formula is C28H26OS. The maximum absolute atomic E-state index is 6.49. The van der Waals surface area contributed by atoms with Crippen LogP contribution in [-0.4, -0.2) is 6.61 Å². The van der Waals surface area contributed by atoms with Crippen molar-refractivity contribution in [3.05, 3.63) is 138 Å². The fourth-order valence-corrected chi connectivity index (χ4v) is 4.71. The van der Waals surface area contributed by atoms with Gasteiger partial charge < -0.3 is 4.74 Å². The summed E-state index contributed by atoms with van der Waals surface area (Å²) < 4.78 is 6.49. The van der Waals surface area contributed by atoms with E-state index in [1.165, 1.54) is 21.6 Å². The number of hydrogen-bond acceptors (Lipinski definition) is 2. The third-order valence-electron chi connectivity index (χ3n) is 5.06. The van der Waals surface area contributed by atoms with Crippen LogP contribution in [0.1, 0.15) is 34.5 Å². The Morgan fingerprint density at radius 3 is 1.47 bits per heavy atom. The molecule has 1 atom stereocenters. The Kier molecular flexibility index (Phi) is 7.38. The molecule has 0 N–H and O–H groups in total. The van der Waals surface area contributed by atoms with E-state index in [1.807, 2.05) is 23.9 Å². The Hall–Kier alpha value is -2.81. The van der Waals surface area contributed by atoms with Gasteiger partial charge in [0.15, 0.2) is 0 Å². The van der Waals surface area contributed by atoms with Crippen LogP contribution in [0.4, 0.5) is 0 Å². The molecule has 0 radical (unpaired) electrons. The Morgan fingerprint density at radius 1 is 0.533 bits per heavy atom.